The van der Waals surface area contributed by atoms with Crippen LogP contribution in [0.25, 0.3) is 0 Å². The van der Waals surface area contributed by atoms with E-state index in [0.717, 1.165) is 19.3 Å². The third-order valence-corrected chi connectivity index (χ3v) is 3.69. The number of carbonyl (C=O) groups excluding carboxylic acids is 1. The smallest absolute Gasteiger partial charge is 0.350 e. The van der Waals surface area contributed by atoms with E-state index in [-0.39, 0.29) is 5.97 Å². The molecule has 0 radical (unpaired) electrons. The van der Waals surface area contributed by atoms with E-state index in [0.29, 0.717) is 30.2 Å². The Morgan fingerprint density at radius 2 is 1.84 bits per heavy atom. The third-order valence-electron chi connectivity index (χ3n) is 3.44. The number of esters is 1. The van der Waals surface area contributed by atoms with E-state index in [1.54, 1.807) is 24.3 Å². The van der Waals surface area contributed by atoms with Gasteiger partial charge in [0.1, 0.15) is 5.75 Å². The second kappa shape index (κ2) is 6.29. The maximum absolute atomic E-state index is 12.2. The Hall–Kier alpha value is -1.22. The van der Waals surface area contributed by atoms with Crippen molar-refractivity contribution in [3.63, 3.8) is 0 Å². The fourth-order valence-corrected chi connectivity index (χ4v) is 2.59. The summed E-state index contributed by atoms with van der Waals surface area (Å²) in [5.74, 6) is 0.420. The van der Waals surface area contributed by atoms with Crippen LogP contribution in [-0.2, 0) is 9.53 Å². The predicted molar refractivity (Wildman–Crippen MR) is 74.5 cm³/mol. The van der Waals surface area contributed by atoms with Gasteiger partial charge in [0.25, 0.3) is 0 Å². The number of hydrogen-bond donors (Lipinski definition) is 0. The van der Waals surface area contributed by atoms with Crippen LogP contribution < -0.4 is 4.74 Å². The van der Waals surface area contributed by atoms with E-state index in [1.165, 1.54) is 0 Å². The highest BCUT2D eigenvalue weighted by molar-refractivity contribution is 6.30. The molecule has 104 valence electrons. The molecule has 1 aliphatic carbocycles. The Balaban J connectivity index is 2.17. The van der Waals surface area contributed by atoms with Gasteiger partial charge in [0.15, 0.2) is 0 Å². The van der Waals surface area contributed by atoms with E-state index in [9.17, 15) is 4.79 Å². The third kappa shape index (κ3) is 3.41. The molecule has 0 amide bonds. The molecule has 3 nitrogen and oxygen atoms in total. The number of halogens is 1. The molecule has 0 saturated heterocycles. The van der Waals surface area contributed by atoms with Crippen LogP contribution in [0.2, 0.25) is 5.02 Å². The van der Waals surface area contributed by atoms with Gasteiger partial charge in [-0.25, -0.2) is 4.79 Å². The highest BCUT2D eigenvalue weighted by atomic mass is 35.5. The number of carbonyl (C=O) groups is 1. The molecule has 0 bridgehead atoms. The first-order chi connectivity index (χ1) is 9.16. The monoisotopic (exact) mass is 282 g/mol. The summed E-state index contributed by atoms with van der Waals surface area (Å²) in [4.78, 5) is 12.2. The number of hydrogen-bond acceptors (Lipinski definition) is 3. The van der Waals surface area contributed by atoms with Crippen LogP contribution in [-0.4, -0.2) is 18.2 Å². The first kappa shape index (κ1) is 14.2. The zero-order valence-electron chi connectivity index (χ0n) is 11.2. The summed E-state index contributed by atoms with van der Waals surface area (Å²) < 4.78 is 11.2. The van der Waals surface area contributed by atoms with Crippen LogP contribution >= 0.6 is 11.6 Å². The molecular weight excluding hydrogens is 264 g/mol. The van der Waals surface area contributed by atoms with Crippen LogP contribution in [0.3, 0.4) is 0 Å². The van der Waals surface area contributed by atoms with Gasteiger partial charge in [0.05, 0.1) is 6.61 Å². The van der Waals surface area contributed by atoms with Crippen molar-refractivity contribution in [1.29, 1.82) is 0 Å². The first-order valence-corrected chi connectivity index (χ1v) is 7.16. The Labute approximate surface area is 118 Å². The fraction of sp³-hybridized carbons (Fsp3) is 0.533. The van der Waals surface area contributed by atoms with E-state index < -0.39 is 5.60 Å². The molecule has 0 aliphatic heterocycles. The van der Waals surface area contributed by atoms with Crippen LogP contribution in [0, 0.1) is 0 Å². The lowest BCUT2D eigenvalue weighted by Crippen LogP contribution is -2.47. The van der Waals surface area contributed by atoms with Crippen molar-refractivity contribution < 1.29 is 14.3 Å². The van der Waals surface area contributed by atoms with Gasteiger partial charge in [-0.3, -0.25) is 0 Å². The number of ether oxygens (including phenoxy) is 2. The SMILES string of the molecule is CCOC(=O)C1(Oc2ccc(Cl)cc2)CCCCC1. The molecule has 0 unspecified atom stereocenters. The Bertz CT molecular complexity index is 422. The molecule has 1 aromatic rings. The van der Waals surface area contributed by atoms with E-state index in [1.807, 2.05) is 6.92 Å². The molecule has 4 heteroatoms. The summed E-state index contributed by atoms with van der Waals surface area (Å²) in [6, 6.07) is 7.10. The second-order valence-electron chi connectivity index (χ2n) is 4.83. The summed E-state index contributed by atoms with van der Waals surface area (Å²) in [7, 11) is 0. The fourth-order valence-electron chi connectivity index (χ4n) is 2.46. The van der Waals surface area contributed by atoms with Gasteiger partial charge in [0.2, 0.25) is 5.60 Å². The molecule has 2 rings (SSSR count). The van der Waals surface area contributed by atoms with Crippen molar-refractivity contribution >= 4 is 17.6 Å². The first-order valence-electron chi connectivity index (χ1n) is 6.78. The molecule has 1 saturated carbocycles. The summed E-state index contributed by atoms with van der Waals surface area (Å²) >= 11 is 5.85. The van der Waals surface area contributed by atoms with Crippen molar-refractivity contribution in [1.82, 2.24) is 0 Å². The molecule has 0 aromatic heterocycles. The highest BCUT2D eigenvalue weighted by Gasteiger charge is 2.43. The Morgan fingerprint density at radius 1 is 1.21 bits per heavy atom. The Morgan fingerprint density at radius 3 is 2.42 bits per heavy atom. The van der Waals surface area contributed by atoms with Gasteiger partial charge in [-0.05, 0) is 56.9 Å². The Kier molecular flexibility index (Phi) is 4.70. The lowest BCUT2D eigenvalue weighted by atomic mass is 9.84. The van der Waals surface area contributed by atoms with E-state index in [2.05, 4.69) is 0 Å². The van der Waals surface area contributed by atoms with Crippen LogP contribution in [0.15, 0.2) is 24.3 Å². The van der Waals surface area contributed by atoms with Gasteiger partial charge in [-0.1, -0.05) is 18.0 Å². The molecule has 0 spiro atoms. The second-order valence-corrected chi connectivity index (χ2v) is 5.27. The predicted octanol–water partition coefficient (Wildman–Crippen LogP) is 3.98. The van der Waals surface area contributed by atoms with Crippen LogP contribution in [0.5, 0.6) is 5.75 Å². The van der Waals surface area contributed by atoms with Gasteiger partial charge >= 0.3 is 5.97 Å². The topological polar surface area (TPSA) is 35.5 Å². The van der Waals surface area contributed by atoms with Crippen molar-refractivity contribution in [3.05, 3.63) is 29.3 Å². The maximum Gasteiger partial charge on any atom is 0.350 e. The standard InChI is InChI=1S/C15H19ClO3/c1-2-18-14(17)15(10-4-3-5-11-15)19-13-8-6-12(16)7-9-13/h6-9H,2-5,10-11H2,1H3. The highest BCUT2D eigenvalue weighted by Crippen LogP contribution is 2.34. The van der Waals surface area contributed by atoms with Crippen molar-refractivity contribution in [2.45, 2.75) is 44.6 Å². The molecule has 0 heterocycles. The normalized spacial score (nSPS) is 17.8. The summed E-state index contributed by atoms with van der Waals surface area (Å²) in [5.41, 5.74) is -0.817. The molecule has 1 aromatic carbocycles. The zero-order valence-corrected chi connectivity index (χ0v) is 11.9. The number of benzene rings is 1. The molecule has 19 heavy (non-hydrogen) atoms. The van der Waals surface area contributed by atoms with E-state index in [4.69, 9.17) is 21.1 Å². The van der Waals surface area contributed by atoms with Crippen LogP contribution in [0.4, 0.5) is 0 Å². The molecule has 1 fully saturated rings. The average molecular weight is 283 g/mol. The largest absolute Gasteiger partial charge is 0.476 e. The molecule has 1 aliphatic rings. The van der Waals surface area contributed by atoms with Gasteiger partial charge in [-0.2, -0.15) is 0 Å². The van der Waals surface area contributed by atoms with Crippen molar-refractivity contribution in [2.75, 3.05) is 6.61 Å². The van der Waals surface area contributed by atoms with E-state index >= 15 is 0 Å². The summed E-state index contributed by atoms with van der Waals surface area (Å²) in [5, 5.41) is 0.654. The lowest BCUT2D eigenvalue weighted by Gasteiger charge is -2.35. The minimum absolute atomic E-state index is 0.246. The maximum atomic E-state index is 12.2. The molecule has 0 atom stereocenters. The molecule has 0 N–H and O–H groups in total. The van der Waals surface area contributed by atoms with Gasteiger partial charge < -0.3 is 9.47 Å². The summed E-state index contributed by atoms with van der Waals surface area (Å²) in [6.07, 6.45) is 4.56. The van der Waals surface area contributed by atoms with Crippen molar-refractivity contribution in [3.8, 4) is 5.75 Å². The van der Waals surface area contributed by atoms with Gasteiger partial charge in [0, 0.05) is 5.02 Å². The summed E-state index contributed by atoms with van der Waals surface area (Å²) in [6.45, 7) is 2.20. The number of rotatable bonds is 4. The minimum atomic E-state index is -0.817. The molecular formula is C15H19ClO3. The van der Waals surface area contributed by atoms with Crippen molar-refractivity contribution in [2.24, 2.45) is 0 Å². The van der Waals surface area contributed by atoms with Gasteiger partial charge in [-0.15, -0.1) is 0 Å². The average Bonchev–Trinajstić information content (AvgIpc) is 2.43. The lowest BCUT2D eigenvalue weighted by molar-refractivity contribution is -0.164. The quantitative estimate of drug-likeness (QED) is 0.784. The van der Waals surface area contributed by atoms with Crippen LogP contribution in [0.1, 0.15) is 39.0 Å². The minimum Gasteiger partial charge on any atom is -0.476 e. The zero-order chi connectivity index (χ0) is 13.7.